The minimum atomic E-state index is -4.33. The van der Waals surface area contributed by atoms with Gasteiger partial charge in [-0.2, -0.15) is 0 Å². The van der Waals surface area contributed by atoms with Crippen LogP contribution in [0.2, 0.25) is 0 Å². The maximum Gasteiger partial charge on any atom is 0.472 e. The number of allylic oxidation sites excluding steroid dienone is 5. The predicted molar refractivity (Wildman–Crippen MR) is 203 cm³/mol. The summed E-state index contributed by atoms with van der Waals surface area (Å²) in [4.78, 5) is 23.0. The van der Waals surface area contributed by atoms with Crippen molar-refractivity contribution in [1.29, 1.82) is 0 Å². The number of hydrogen-bond acceptors (Lipinski definition) is 5. The van der Waals surface area contributed by atoms with Gasteiger partial charge in [0.25, 0.3) is 0 Å². The number of phosphoric ester groups is 1. The number of nitrogens with zero attached hydrogens (tertiary/aromatic N) is 1. The molecule has 48 heavy (non-hydrogen) atoms. The molecule has 282 valence electrons. The van der Waals surface area contributed by atoms with Crippen LogP contribution in [0.3, 0.4) is 0 Å². The molecule has 0 rings (SSSR count). The second-order valence-corrected chi connectivity index (χ2v) is 15.8. The van der Waals surface area contributed by atoms with Crippen LogP contribution < -0.4 is 5.32 Å². The standard InChI is InChI=1S/C39H75N2O6P/c1-6-8-10-12-14-16-18-19-20-21-23-25-27-29-31-33-39(43)40-37(36-47-48(44,45)46-35-34-41(3,4)5)38(42)32-30-28-26-24-22-17-15-13-11-9-7-2/h14,16,19-20,30,32,37-38,42H,6-13,15,17-18,21-29,31,33-36H2,1-5H3,(H-,40,43,44,45)/p+1/b16-14+,20-19+,32-30+/t37-,38+/m0/s1. The molecular formula is C39H76N2O6P+. The molecular weight excluding hydrogens is 623 g/mol. The highest BCUT2D eigenvalue weighted by molar-refractivity contribution is 7.47. The van der Waals surface area contributed by atoms with Crippen LogP contribution in [0.15, 0.2) is 36.5 Å². The normalized spacial score (nSPS) is 15.1. The molecule has 9 heteroatoms. The quantitative estimate of drug-likeness (QED) is 0.0267. The number of phosphoric acid groups is 1. The SMILES string of the molecule is CCCCC/C=C/C/C=C/CCCCCCCC(=O)N[C@@H](COP(=O)(O)OCC[N+](C)(C)C)[C@H](O)/C=C/CCCCCCCCCCC. The van der Waals surface area contributed by atoms with Gasteiger partial charge < -0.3 is 19.8 Å². The van der Waals surface area contributed by atoms with Gasteiger partial charge in [0.05, 0.1) is 39.9 Å². The molecule has 0 saturated heterocycles. The van der Waals surface area contributed by atoms with Gasteiger partial charge in [0.1, 0.15) is 13.2 Å². The van der Waals surface area contributed by atoms with E-state index in [2.05, 4.69) is 43.5 Å². The topological polar surface area (TPSA) is 105 Å². The molecule has 0 radical (unpaired) electrons. The minimum Gasteiger partial charge on any atom is -0.387 e. The molecule has 0 fully saturated rings. The Bertz CT molecular complexity index is 886. The second-order valence-electron chi connectivity index (χ2n) is 14.3. The van der Waals surface area contributed by atoms with Crippen molar-refractivity contribution < 1.29 is 32.9 Å². The molecule has 8 nitrogen and oxygen atoms in total. The Morgan fingerprint density at radius 1 is 0.708 bits per heavy atom. The fourth-order valence-corrected chi connectivity index (χ4v) is 5.92. The van der Waals surface area contributed by atoms with Crippen molar-refractivity contribution in [1.82, 2.24) is 5.32 Å². The largest absolute Gasteiger partial charge is 0.472 e. The zero-order valence-corrected chi connectivity index (χ0v) is 32.6. The average molecular weight is 700 g/mol. The third kappa shape index (κ3) is 33.2. The number of amides is 1. The number of likely N-dealkylation sites (N-methyl/N-ethyl adjacent to an activating group) is 1. The fourth-order valence-electron chi connectivity index (χ4n) is 5.19. The molecule has 3 N–H and O–H groups in total. The van der Waals surface area contributed by atoms with Gasteiger partial charge in [-0.15, -0.1) is 0 Å². The molecule has 0 aliphatic heterocycles. The highest BCUT2D eigenvalue weighted by Gasteiger charge is 2.27. The number of carbonyl (C=O) groups excluding carboxylic acids is 1. The molecule has 0 aromatic carbocycles. The lowest BCUT2D eigenvalue weighted by atomic mass is 10.1. The summed E-state index contributed by atoms with van der Waals surface area (Å²) in [5, 5.41) is 13.7. The van der Waals surface area contributed by atoms with E-state index < -0.39 is 20.0 Å². The molecule has 0 bridgehead atoms. The predicted octanol–water partition coefficient (Wildman–Crippen LogP) is 9.96. The Morgan fingerprint density at radius 2 is 1.19 bits per heavy atom. The Hall–Kier alpha value is -1.28. The summed E-state index contributed by atoms with van der Waals surface area (Å²) in [5.74, 6) is -0.195. The van der Waals surface area contributed by atoms with Gasteiger partial charge in [-0.3, -0.25) is 13.8 Å². The zero-order chi connectivity index (χ0) is 35.8. The maximum absolute atomic E-state index is 12.8. The van der Waals surface area contributed by atoms with Gasteiger partial charge >= 0.3 is 7.82 Å². The summed E-state index contributed by atoms with van der Waals surface area (Å²) < 4.78 is 23.4. The summed E-state index contributed by atoms with van der Waals surface area (Å²) in [6.07, 6.45) is 36.3. The lowest BCUT2D eigenvalue weighted by molar-refractivity contribution is -0.870. The highest BCUT2D eigenvalue weighted by Crippen LogP contribution is 2.43. The number of rotatable bonds is 34. The van der Waals surface area contributed by atoms with E-state index in [0.717, 1.165) is 64.2 Å². The molecule has 0 spiro atoms. The molecule has 0 aliphatic rings. The monoisotopic (exact) mass is 700 g/mol. The third-order valence-electron chi connectivity index (χ3n) is 8.35. The van der Waals surface area contributed by atoms with Crippen molar-refractivity contribution in [2.75, 3.05) is 40.9 Å². The summed E-state index contributed by atoms with van der Waals surface area (Å²) >= 11 is 0. The lowest BCUT2D eigenvalue weighted by Crippen LogP contribution is -2.45. The number of unbranched alkanes of at least 4 members (excludes halogenated alkanes) is 17. The van der Waals surface area contributed by atoms with Gasteiger partial charge in [0.2, 0.25) is 5.91 Å². The van der Waals surface area contributed by atoms with Crippen LogP contribution in [0, 0.1) is 0 Å². The van der Waals surface area contributed by atoms with Crippen LogP contribution in [-0.4, -0.2) is 73.4 Å². The first-order valence-electron chi connectivity index (χ1n) is 19.4. The molecule has 3 atom stereocenters. The second kappa shape index (κ2) is 31.7. The number of nitrogens with one attached hydrogen (secondary N) is 1. The first-order chi connectivity index (χ1) is 23.0. The molecule has 0 aliphatic carbocycles. The summed E-state index contributed by atoms with van der Waals surface area (Å²) in [5.41, 5.74) is 0. The van der Waals surface area contributed by atoms with E-state index in [1.165, 1.54) is 70.6 Å². The molecule has 0 aromatic heterocycles. The van der Waals surface area contributed by atoms with Crippen LogP contribution in [0.4, 0.5) is 0 Å². The zero-order valence-electron chi connectivity index (χ0n) is 31.7. The van der Waals surface area contributed by atoms with Gasteiger partial charge in [0.15, 0.2) is 0 Å². The Morgan fingerprint density at radius 3 is 1.75 bits per heavy atom. The average Bonchev–Trinajstić information content (AvgIpc) is 3.02. The van der Waals surface area contributed by atoms with Crippen molar-refractivity contribution >= 4 is 13.7 Å². The van der Waals surface area contributed by atoms with E-state index in [0.29, 0.717) is 17.4 Å². The Labute approximate surface area is 296 Å². The van der Waals surface area contributed by atoms with Crippen molar-refractivity contribution in [3.05, 3.63) is 36.5 Å². The first kappa shape index (κ1) is 46.7. The molecule has 1 amide bonds. The Balaban J connectivity index is 4.55. The van der Waals surface area contributed by atoms with E-state index in [-0.39, 0.29) is 19.1 Å². The fraction of sp³-hybridized carbons (Fsp3) is 0.821. The van der Waals surface area contributed by atoms with Crippen molar-refractivity contribution in [3.8, 4) is 0 Å². The van der Waals surface area contributed by atoms with E-state index in [1.807, 2.05) is 27.2 Å². The van der Waals surface area contributed by atoms with E-state index in [9.17, 15) is 19.4 Å². The van der Waals surface area contributed by atoms with Crippen LogP contribution in [-0.2, 0) is 18.4 Å². The van der Waals surface area contributed by atoms with Gasteiger partial charge in [-0.1, -0.05) is 134 Å². The molecule has 0 aromatic rings. The number of aliphatic hydroxyl groups is 1. The molecule has 1 unspecified atom stereocenters. The van der Waals surface area contributed by atoms with Crippen LogP contribution in [0.1, 0.15) is 155 Å². The molecule has 0 saturated carbocycles. The highest BCUT2D eigenvalue weighted by atomic mass is 31.2. The number of quaternary nitrogens is 1. The smallest absolute Gasteiger partial charge is 0.387 e. The van der Waals surface area contributed by atoms with Crippen LogP contribution >= 0.6 is 7.82 Å². The van der Waals surface area contributed by atoms with Gasteiger partial charge in [-0.05, 0) is 51.4 Å². The number of carbonyl (C=O) groups is 1. The first-order valence-corrected chi connectivity index (χ1v) is 20.9. The van der Waals surface area contributed by atoms with Crippen LogP contribution in [0.5, 0.6) is 0 Å². The van der Waals surface area contributed by atoms with Crippen molar-refractivity contribution in [3.63, 3.8) is 0 Å². The van der Waals surface area contributed by atoms with E-state index >= 15 is 0 Å². The van der Waals surface area contributed by atoms with Crippen molar-refractivity contribution in [2.45, 2.75) is 167 Å². The molecule has 0 heterocycles. The van der Waals surface area contributed by atoms with E-state index in [4.69, 9.17) is 9.05 Å². The maximum atomic E-state index is 12.8. The summed E-state index contributed by atoms with van der Waals surface area (Å²) in [6, 6.07) is -0.850. The number of hydrogen-bond donors (Lipinski definition) is 3. The van der Waals surface area contributed by atoms with Crippen LogP contribution in [0.25, 0.3) is 0 Å². The van der Waals surface area contributed by atoms with E-state index in [1.54, 1.807) is 6.08 Å². The minimum absolute atomic E-state index is 0.0579. The lowest BCUT2D eigenvalue weighted by Gasteiger charge is -2.25. The summed E-state index contributed by atoms with van der Waals surface area (Å²) in [6.45, 7) is 4.73. The third-order valence-corrected chi connectivity index (χ3v) is 9.34. The van der Waals surface area contributed by atoms with Crippen molar-refractivity contribution in [2.24, 2.45) is 0 Å². The Kier molecular flexibility index (Phi) is 30.8. The van der Waals surface area contributed by atoms with Gasteiger partial charge in [0, 0.05) is 6.42 Å². The number of aliphatic hydroxyl groups excluding tert-OH is 1. The van der Waals surface area contributed by atoms with Gasteiger partial charge in [-0.25, -0.2) is 4.57 Å². The summed E-state index contributed by atoms with van der Waals surface area (Å²) in [7, 11) is 1.55.